The molecule has 7 nitrogen and oxygen atoms in total. The van der Waals surface area contributed by atoms with E-state index in [1.165, 1.54) is 27.4 Å². The molecular formula is C20H22ClNO6. The zero-order valence-corrected chi connectivity index (χ0v) is 16.8. The molecule has 1 amide bonds. The van der Waals surface area contributed by atoms with E-state index in [0.29, 0.717) is 10.8 Å². The van der Waals surface area contributed by atoms with Crippen LogP contribution in [0.1, 0.15) is 28.9 Å². The minimum absolute atomic E-state index is 0.124. The monoisotopic (exact) mass is 407 g/mol. The summed E-state index contributed by atoms with van der Waals surface area (Å²) in [6.07, 6.45) is 0. The van der Waals surface area contributed by atoms with Crippen LogP contribution in [0.5, 0.6) is 17.2 Å². The Kier molecular flexibility index (Phi) is 7.52. The van der Waals surface area contributed by atoms with Gasteiger partial charge in [-0.1, -0.05) is 23.7 Å². The van der Waals surface area contributed by atoms with Crippen LogP contribution in [0.3, 0.4) is 0 Å². The molecule has 0 aliphatic heterocycles. The van der Waals surface area contributed by atoms with Gasteiger partial charge in [-0.25, -0.2) is 4.79 Å². The van der Waals surface area contributed by atoms with Crippen LogP contribution >= 0.6 is 11.6 Å². The van der Waals surface area contributed by atoms with E-state index in [4.69, 9.17) is 30.5 Å². The first-order valence-electron chi connectivity index (χ1n) is 8.42. The van der Waals surface area contributed by atoms with E-state index < -0.39 is 18.5 Å². The molecule has 0 saturated carbocycles. The first-order chi connectivity index (χ1) is 13.4. The highest BCUT2D eigenvalue weighted by molar-refractivity contribution is 6.30. The zero-order valence-electron chi connectivity index (χ0n) is 16.1. The van der Waals surface area contributed by atoms with Crippen LogP contribution < -0.4 is 19.5 Å². The SMILES string of the molecule is COc1ccc(C(=O)OCC(=O)N[C@H](C)c2ccc(Cl)cc2)c(OC)c1OC. The summed E-state index contributed by atoms with van der Waals surface area (Å²) < 4.78 is 20.8. The quantitative estimate of drug-likeness (QED) is 0.675. The lowest BCUT2D eigenvalue weighted by atomic mass is 10.1. The van der Waals surface area contributed by atoms with Gasteiger partial charge in [0.05, 0.1) is 27.4 Å². The van der Waals surface area contributed by atoms with E-state index in [9.17, 15) is 9.59 Å². The van der Waals surface area contributed by atoms with Gasteiger partial charge < -0.3 is 24.3 Å². The number of hydrogen-bond acceptors (Lipinski definition) is 6. The second kappa shape index (κ2) is 9.85. The summed E-state index contributed by atoms with van der Waals surface area (Å²) in [5, 5.41) is 3.37. The van der Waals surface area contributed by atoms with Crippen LogP contribution in [0, 0.1) is 0 Å². The Labute approximate surface area is 168 Å². The topological polar surface area (TPSA) is 83.1 Å². The molecule has 0 heterocycles. The maximum Gasteiger partial charge on any atom is 0.342 e. The number of carbonyl (C=O) groups is 2. The number of esters is 1. The van der Waals surface area contributed by atoms with Crippen molar-refractivity contribution in [2.24, 2.45) is 0 Å². The van der Waals surface area contributed by atoms with Crippen LogP contribution in [0.15, 0.2) is 36.4 Å². The number of benzene rings is 2. The Morgan fingerprint density at radius 2 is 1.61 bits per heavy atom. The summed E-state index contributed by atoms with van der Waals surface area (Å²) in [6.45, 7) is 1.38. The molecule has 0 aromatic heterocycles. The smallest absolute Gasteiger partial charge is 0.342 e. The molecule has 0 aliphatic carbocycles. The molecule has 0 unspecified atom stereocenters. The van der Waals surface area contributed by atoms with Gasteiger partial charge in [-0.3, -0.25) is 4.79 Å². The molecule has 0 fully saturated rings. The Balaban J connectivity index is 2.01. The summed E-state index contributed by atoms with van der Waals surface area (Å²) in [7, 11) is 4.30. The van der Waals surface area contributed by atoms with Crippen LogP contribution in [-0.2, 0) is 9.53 Å². The van der Waals surface area contributed by atoms with Crippen LogP contribution in [0.4, 0.5) is 0 Å². The summed E-state index contributed by atoms with van der Waals surface area (Å²) >= 11 is 5.86. The molecule has 1 N–H and O–H groups in total. The minimum Gasteiger partial charge on any atom is -0.493 e. The van der Waals surface area contributed by atoms with Crippen molar-refractivity contribution in [3.05, 3.63) is 52.5 Å². The largest absolute Gasteiger partial charge is 0.493 e. The zero-order chi connectivity index (χ0) is 20.7. The van der Waals surface area contributed by atoms with Gasteiger partial charge in [0.2, 0.25) is 5.75 Å². The molecule has 2 rings (SSSR count). The van der Waals surface area contributed by atoms with E-state index in [-0.39, 0.29) is 23.1 Å². The number of nitrogens with one attached hydrogen (secondary N) is 1. The number of rotatable bonds is 8. The second-order valence-corrected chi connectivity index (χ2v) is 6.24. The Bertz CT molecular complexity index is 837. The van der Waals surface area contributed by atoms with Gasteiger partial charge in [-0.2, -0.15) is 0 Å². The third kappa shape index (κ3) is 5.07. The van der Waals surface area contributed by atoms with Crippen LogP contribution in [0.25, 0.3) is 0 Å². The van der Waals surface area contributed by atoms with E-state index >= 15 is 0 Å². The van der Waals surface area contributed by atoms with Crippen molar-refractivity contribution in [3.8, 4) is 17.2 Å². The van der Waals surface area contributed by atoms with Gasteiger partial charge >= 0.3 is 5.97 Å². The lowest BCUT2D eigenvalue weighted by Gasteiger charge is -2.16. The predicted molar refractivity (Wildman–Crippen MR) is 104 cm³/mol. The van der Waals surface area contributed by atoms with Gasteiger partial charge in [-0.15, -0.1) is 0 Å². The summed E-state index contributed by atoms with van der Waals surface area (Å²) in [5.41, 5.74) is 1.00. The van der Waals surface area contributed by atoms with Crippen molar-refractivity contribution in [2.75, 3.05) is 27.9 Å². The molecule has 0 saturated heterocycles. The van der Waals surface area contributed by atoms with Crippen LogP contribution in [0.2, 0.25) is 5.02 Å². The molecule has 28 heavy (non-hydrogen) atoms. The number of halogens is 1. The van der Waals surface area contributed by atoms with E-state index in [2.05, 4.69) is 5.32 Å². The Hall–Kier alpha value is -2.93. The molecule has 8 heteroatoms. The maximum absolute atomic E-state index is 12.4. The highest BCUT2D eigenvalue weighted by atomic mass is 35.5. The minimum atomic E-state index is -0.716. The lowest BCUT2D eigenvalue weighted by Crippen LogP contribution is -2.31. The molecule has 150 valence electrons. The average molecular weight is 408 g/mol. The van der Waals surface area contributed by atoms with E-state index in [1.807, 2.05) is 19.1 Å². The lowest BCUT2D eigenvalue weighted by molar-refractivity contribution is -0.124. The normalized spacial score (nSPS) is 11.3. The first-order valence-corrected chi connectivity index (χ1v) is 8.80. The van der Waals surface area contributed by atoms with E-state index in [1.54, 1.807) is 18.2 Å². The van der Waals surface area contributed by atoms with E-state index in [0.717, 1.165) is 5.56 Å². The highest BCUT2D eigenvalue weighted by Crippen LogP contribution is 2.39. The van der Waals surface area contributed by atoms with Crippen LogP contribution in [-0.4, -0.2) is 39.8 Å². The number of methoxy groups -OCH3 is 3. The van der Waals surface area contributed by atoms with Crippen molar-refractivity contribution >= 4 is 23.5 Å². The van der Waals surface area contributed by atoms with Gasteiger partial charge in [0, 0.05) is 5.02 Å². The predicted octanol–water partition coefficient (Wildman–Crippen LogP) is 3.40. The van der Waals surface area contributed by atoms with Gasteiger partial charge in [0.1, 0.15) is 5.56 Å². The third-order valence-electron chi connectivity index (χ3n) is 4.01. The highest BCUT2D eigenvalue weighted by Gasteiger charge is 2.22. The summed E-state index contributed by atoms with van der Waals surface area (Å²) in [4.78, 5) is 24.5. The third-order valence-corrected chi connectivity index (χ3v) is 4.26. The maximum atomic E-state index is 12.4. The van der Waals surface area contributed by atoms with Crippen molar-refractivity contribution in [3.63, 3.8) is 0 Å². The molecule has 0 bridgehead atoms. The fourth-order valence-corrected chi connectivity index (χ4v) is 2.71. The number of hydrogen-bond donors (Lipinski definition) is 1. The van der Waals surface area contributed by atoms with Gasteiger partial charge in [0.25, 0.3) is 5.91 Å². The fourth-order valence-electron chi connectivity index (χ4n) is 2.59. The van der Waals surface area contributed by atoms with Crippen molar-refractivity contribution < 1.29 is 28.5 Å². The van der Waals surface area contributed by atoms with Gasteiger partial charge in [-0.05, 0) is 36.8 Å². The van der Waals surface area contributed by atoms with Gasteiger partial charge in [0.15, 0.2) is 18.1 Å². The van der Waals surface area contributed by atoms with Crippen molar-refractivity contribution in [1.29, 1.82) is 0 Å². The molecule has 0 radical (unpaired) electrons. The molecule has 0 spiro atoms. The average Bonchev–Trinajstić information content (AvgIpc) is 2.70. The summed E-state index contributed by atoms with van der Waals surface area (Å²) in [6, 6.07) is 9.88. The molecule has 0 aliphatic rings. The fraction of sp³-hybridized carbons (Fsp3) is 0.300. The molecule has 2 aromatic carbocycles. The number of amides is 1. The van der Waals surface area contributed by atoms with Crippen molar-refractivity contribution in [2.45, 2.75) is 13.0 Å². The van der Waals surface area contributed by atoms with Crippen molar-refractivity contribution in [1.82, 2.24) is 5.32 Å². The Morgan fingerprint density at radius 1 is 0.964 bits per heavy atom. The summed E-state index contributed by atoms with van der Waals surface area (Å²) in [5.74, 6) is -0.310. The first kappa shape index (κ1) is 21.4. The second-order valence-electron chi connectivity index (χ2n) is 5.80. The number of ether oxygens (including phenoxy) is 4. The Morgan fingerprint density at radius 3 is 2.18 bits per heavy atom. The molecular weight excluding hydrogens is 386 g/mol. The molecule has 1 atom stereocenters. The standard InChI is InChI=1S/C20H22ClNO6/c1-12(13-5-7-14(21)8-6-13)22-17(23)11-28-20(24)15-9-10-16(25-2)19(27-4)18(15)26-3/h5-10,12H,11H2,1-4H3,(H,22,23)/t12-/m1/s1. The number of carbonyl (C=O) groups excluding carboxylic acids is 2. The molecule has 2 aromatic rings.